The van der Waals surface area contributed by atoms with E-state index < -0.39 is 0 Å². The van der Waals surface area contributed by atoms with Crippen LogP contribution in [0, 0.1) is 5.92 Å². The molecule has 0 rings (SSSR count). The van der Waals surface area contributed by atoms with E-state index in [4.69, 9.17) is 4.74 Å². The van der Waals surface area contributed by atoms with E-state index in [0.29, 0.717) is 12.2 Å². The summed E-state index contributed by atoms with van der Waals surface area (Å²) in [6.07, 6.45) is 14.2. The average molecular weight is 311 g/mol. The molecule has 0 saturated heterocycles. The fourth-order valence-electron chi connectivity index (χ4n) is 2.50. The highest BCUT2D eigenvalue weighted by Crippen LogP contribution is 2.13. The number of esters is 1. The van der Waals surface area contributed by atoms with Gasteiger partial charge in [0.25, 0.3) is 0 Å². The van der Waals surface area contributed by atoms with Crippen LogP contribution >= 0.6 is 0 Å². The smallest absolute Gasteiger partial charge is 0.333 e. The third kappa shape index (κ3) is 14.2. The summed E-state index contributed by atoms with van der Waals surface area (Å²) in [5, 5.41) is 0. The summed E-state index contributed by atoms with van der Waals surface area (Å²) in [6, 6.07) is 0. The monoisotopic (exact) mass is 310 g/mol. The lowest BCUT2D eigenvalue weighted by Gasteiger charge is -2.08. The maximum absolute atomic E-state index is 11.8. The van der Waals surface area contributed by atoms with Gasteiger partial charge in [0.2, 0.25) is 0 Å². The van der Waals surface area contributed by atoms with E-state index >= 15 is 0 Å². The third-order valence-electron chi connectivity index (χ3n) is 4.03. The Morgan fingerprint density at radius 2 is 1.50 bits per heavy atom. The topological polar surface area (TPSA) is 26.3 Å². The Balaban J connectivity index is 3.41. The van der Waals surface area contributed by atoms with E-state index in [1.165, 1.54) is 51.4 Å². The molecule has 2 heteroatoms. The zero-order valence-electron chi connectivity index (χ0n) is 15.3. The Hall–Kier alpha value is -0.790. The minimum Gasteiger partial charge on any atom is -0.462 e. The van der Waals surface area contributed by atoms with Gasteiger partial charge in [-0.25, -0.2) is 4.79 Å². The first kappa shape index (κ1) is 21.2. The van der Waals surface area contributed by atoms with Gasteiger partial charge in [0.1, 0.15) is 0 Å². The maximum atomic E-state index is 11.8. The first-order chi connectivity index (χ1) is 10.6. The van der Waals surface area contributed by atoms with E-state index in [0.717, 1.165) is 31.6 Å². The molecule has 0 aliphatic heterocycles. The third-order valence-corrected chi connectivity index (χ3v) is 4.03. The van der Waals surface area contributed by atoms with Crippen LogP contribution in [-0.4, -0.2) is 12.6 Å². The SMILES string of the molecule is C=C(CCCCCCCCC)C(=O)OCCCCCC(C)C. The number of hydrogen-bond donors (Lipinski definition) is 0. The quantitative estimate of drug-likeness (QED) is 0.197. The summed E-state index contributed by atoms with van der Waals surface area (Å²) in [4.78, 5) is 11.8. The molecular weight excluding hydrogens is 272 g/mol. The van der Waals surface area contributed by atoms with Gasteiger partial charge in [0.15, 0.2) is 0 Å². The van der Waals surface area contributed by atoms with Gasteiger partial charge in [-0.1, -0.05) is 85.1 Å². The fourth-order valence-corrected chi connectivity index (χ4v) is 2.50. The molecule has 22 heavy (non-hydrogen) atoms. The summed E-state index contributed by atoms with van der Waals surface area (Å²) < 4.78 is 5.28. The van der Waals surface area contributed by atoms with Crippen LogP contribution in [0.5, 0.6) is 0 Å². The molecule has 0 heterocycles. The average Bonchev–Trinajstić information content (AvgIpc) is 2.49. The van der Waals surface area contributed by atoms with E-state index in [1.807, 2.05) is 0 Å². The summed E-state index contributed by atoms with van der Waals surface area (Å²) in [6.45, 7) is 11.1. The van der Waals surface area contributed by atoms with Crippen molar-refractivity contribution in [2.45, 2.75) is 97.8 Å². The molecule has 0 radical (unpaired) electrons. The molecule has 0 aromatic rings. The van der Waals surface area contributed by atoms with Crippen molar-refractivity contribution in [3.8, 4) is 0 Å². The predicted octanol–water partition coefficient (Wildman–Crippen LogP) is 6.44. The number of rotatable bonds is 15. The lowest BCUT2D eigenvalue weighted by Crippen LogP contribution is -2.08. The molecule has 0 amide bonds. The number of unbranched alkanes of at least 4 members (excludes halogenated alkanes) is 8. The Kier molecular flexibility index (Phi) is 14.6. The highest BCUT2D eigenvalue weighted by molar-refractivity contribution is 5.87. The molecule has 2 nitrogen and oxygen atoms in total. The Morgan fingerprint density at radius 3 is 2.14 bits per heavy atom. The molecule has 130 valence electrons. The summed E-state index contributed by atoms with van der Waals surface area (Å²) >= 11 is 0. The van der Waals surface area contributed by atoms with Crippen molar-refractivity contribution >= 4 is 5.97 Å². The molecule has 0 aromatic heterocycles. The van der Waals surface area contributed by atoms with Gasteiger partial charge in [0, 0.05) is 5.57 Å². The molecule has 0 aliphatic rings. The Bertz CT molecular complexity index is 281. The van der Waals surface area contributed by atoms with Gasteiger partial charge in [-0.15, -0.1) is 0 Å². The second-order valence-corrected chi connectivity index (χ2v) is 6.85. The molecular formula is C20H38O2. The first-order valence-corrected chi connectivity index (χ1v) is 9.42. The predicted molar refractivity (Wildman–Crippen MR) is 96.0 cm³/mol. The zero-order valence-corrected chi connectivity index (χ0v) is 15.3. The second-order valence-electron chi connectivity index (χ2n) is 6.85. The van der Waals surface area contributed by atoms with Crippen LogP contribution in [0.1, 0.15) is 97.8 Å². The van der Waals surface area contributed by atoms with Gasteiger partial charge in [-0.2, -0.15) is 0 Å². The normalized spacial score (nSPS) is 10.9. The highest BCUT2D eigenvalue weighted by Gasteiger charge is 2.07. The van der Waals surface area contributed by atoms with Crippen LogP contribution in [0.4, 0.5) is 0 Å². The molecule has 0 spiro atoms. The van der Waals surface area contributed by atoms with Crippen LogP contribution in [0.15, 0.2) is 12.2 Å². The van der Waals surface area contributed by atoms with Crippen molar-refractivity contribution in [1.29, 1.82) is 0 Å². The molecule has 0 fully saturated rings. The highest BCUT2D eigenvalue weighted by atomic mass is 16.5. The number of hydrogen-bond acceptors (Lipinski definition) is 2. The van der Waals surface area contributed by atoms with E-state index in [9.17, 15) is 4.79 Å². The van der Waals surface area contributed by atoms with Crippen LogP contribution in [0.25, 0.3) is 0 Å². The molecule has 0 atom stereocenters. The van der Waals surface area contributed by atoms with Gasteiger partial charge in [-0.05, 0) is 25.2 Å². The Morgan fingerprint density at radius 1 is 0.909 bits per heavy atom. The first-order valence-electron chi connectivity index (χ1n) is 9.42. The minimum absolute atomic E-state index is 0.185. The lowest BCUT2D eigenvalue weighted by molar-refractivity contribution is -0.139. The van der Waals surface area contributed by atoms with Crippen molar-refractivity contribution in [2.75, 3.05) is 6.61 Å². The molecule has 0 aromatic carbocycles. The van der Waals surface area contributed by atoms with Crippen LogP contribution < -0.4 is 0 Å². The molecule has 0 saturated carbocycles. The zero-order chi connectivity index (χ0) is 16.6. The van der Waals surface area contributed by atoms with Crippen molar-refractivity contribution in [2.24, 2.45) is 5.92 Å². The van der Waals surface area contributed by atoms with Crippen LogP contribution in [0.2, 0.25) is 0 Å². The summed E-state index contributed by atoms with van der Waals surface area (Å²) in [5.74, 6) is 0.583. The van der Waals surface area contributed by atoms with Crippen molar-refractivity contribution < 1.29 is 9.53 Å². The summed E-state index contributed by atoms with van der Waals surface area (Å²) in [7, 11) is 0. The van der Waals surface area contributed by atoms with Gasteiger partial charge >= 0.3 is 5.97 Å². The largest absolute Gasteiger partial charge is 0.462 e. The summed E-state index contributed by atoms with van der Waals surface area (Å²) in [5.41, 5.74) is 0.649. The van der Waals surface area contributed by atoms with E-state index in [1.54, 1.807) is 0 Å². The standard InChI is InChI=1S/C20H38O2/c1-5-6-7-8-9-10-13-16-19(4)20(21)22-17-14-11-12-15-18(2)3/h18H,4-17H2,1-3H3. The van der Waals surface area contributed by atoms with Crippen molar-refractivity contribution in [3.63, 3.8) is 0 Å². The fraction of sp³-hybridized carbons (Fsp3) is 0.850. The van der Waals surface area contributed by atoms with E-state index in [-0.39, 0.29) is 5.97 Å². The number of carbonyl (C=O) groups is 1. The second kappa shape index (κ2) is 15.1. The van der Waals surface area contributed by atoms with Crippen molar-refractivity contribution in [1.82, 2.24) is 0 Å². The van der Waals surface area contributed by atoms with Gasteiger partial charge < -0.3 is 4.74 Å². The number of carbonyl (C=O) groups excluding carboxylic acids is 1. The molecule has 0 bridgehead atoms. The Labute approximate surface area is 138 Å². The maximum Gasteiger partial charge on any atom is 0.333 e. The molecule has 0 N–H and O–H groups in total. The van der Waals surface area contributed by atoms with Crippen molar-refractivity contribution in [3.05, 3.63) is 12.2 Å². The van der Waals surface area contributed by atoms with Gasteiger partial charge in [-0.3, -0.25) is 0 Å². The lowest BCUT2D eigenvalue weighted by atomic mass is 10.1. The molecule has 0 unspecified atom stereocenters. The van der Waals surface area contributed by atoms with E-state index in [2.05, 4.69) is 27.4 Å². The molecule has 0 aliphatic carbocycles. The van der Waals surface area contributed by atoms with Crippen LogP contribution in [-0.2, 0) is 9.53 Å². The number of ether oxygens (including phenoxy) is 1. The van der Waals surface area contributed by atoms with Gasteiger partial charge in [0.05, 0.1) is 6.61 Å². The van der Waals surface area contributed by atoms with Crippen LogP contribution in [0.3, 0.4) is 0 Å². The minimum atomic E-state index is -0.185.